The van der Waals surface area contributed by atoms with E-state index in [1.807, 2.05) is 28.8 Å². The van der Waals surface area contributed by atoms with E-state index >= 15 is 0 Å². The number of nitro benzene ring substituents is 1. The molecule has 0 spiro atoms. The van der Waals surface area contributed by atoms with E-state index in [1.165, 1.54) is 12.1 Å². The number of benzene rings is 1. The van der Waals surface area contributed by atoms with Gasteiger partial charge < -0.3 is 5.32 Å². The monoisotopic (exact) mass is 414 g/mol. The summed E-state index contributed by atoms with van der Waals surface area (Å²) in [6, 6.07) is 10.0. The third-order valence-electron chi connectivity index (χ3n) is 5.09. The van der Waals surface area contributed by atoms with E-state index in [1.54, 1.807) is 6.07 Å². The van der Waals surface area contributed by atoms with Gasteiger partial charge in [0.25, 0.3) is 5.69 Å². The maximum atomic E-state index is 12.3. The summed E-state index contributed by atoms with van der Waals surface area (Å²) >= 11 is 5.80. The molecule has 0 atom stereocenters. The number of anilines is 1. The molecular formula is C19H19ClN6O3. The van der Waals surface area contributed by atoms with Crippen molar-refractivity contribution in [2.24, 2.45) is 0 Å². The molecule has 0 radical (unpaired) electrons. The molecule has 0 bridgehead atoms. The molecule has 1 aromatic carbocycles. The van der Waals surface area contributed by atoms with Gasteiger partial charge in [-0.1, -0.05) is 17.7 Å². The topological polar surface area (TPSA) is 106 Å². The van der Waals surface area contributed by atoms with Crippen LogP contribution in [0.5, 0.6) is 0 Å². The number of fused-ring (bicyclic) bond motifs is 1. The van der Waals surface area contributed by atoms with E-state index in [9.17, 15) is 14.9 Å². The van der Waals surface area contributed by atoms with Crippen molar-refractivity contribution in [3.05, 3.63) is 63.6 Å². The van der Waals surface area contributed by atoms with Crippen molar-refractivity contribution < 1.29 is 9.72 Å². The van der Waals surface area contributed by atoms with Crippen LogP contribution < -0.4 is 5.32 Å². The maximum absolute atomic E-state index is 12.3. The molecule has 1 aliphatic rings. The molecular weight excluding hydrogens is 396 g/mol. The molecule has 0 unspecified atom stereocenters. The number of piperidine rings is 1. The Balaban J connectivity index is 1.33. The van der Waals surface area contributed by atoms with Crippen molar-refractivity contribution in [3.8, 4) is 0 Å². The van der Waals surface area contributed by atoms with Crippen molar-refractivity contribution in [1.82, 2.24) is 19.5 Å². The summed E-state index contributed by atoms with van der Waals surface area (Å²) in [6.07, 6.45) is 3.74. The van der Waals surface area contributed by atoms with Gasteiger partial charge in [0.2, 0.25) is 5.91 Å². The van der Waals surface area contributed by atoms with Crippen molar-refractivity contribution in [1.29, 1.82) is 0 Å². The fraction of sp³-hybridized carbons (Fsp3) is 0.316. The SMILES string of the molecule is O=C(CN1CCC(c2nnc3ccccn23)CC1)Nc1ccc(Cl)c([N+](=O)[O-])c1. The number of amides is 1. The Morgan fingerprint density at radius 3 is 2.79 bits per heavy atom. The van der Waals surface area contributed by atoms with E-state index in [4.69, 9.17) is 11.6 Å². The quantitative estimate of drug-likeness (QED) is 0.508. The summed E-state index contributed by atoms with van der Waals surface area (Å²) in [5.74, 6) is 1.04. The van der Waals surface area contributed by atoms with Gasteiger partial charge in [0.05, 0.1) is 11.5 Å². The molecule has 0 saturated carbocycles. The Morgan fingerprint density at radius 1 is 1.24 bits per heavy atom. The number of carbonyl (C=O) groups excluding carboxylic acids is 1. The Labute approximate surface area is 171 Å². The zero-order chi connectivity index (χ0) is 20.4. The molecule has 10 heteroatoms. The number of nitrogens with zero attached hydrogens (tertiary/aromatic N) is 5. The number of hydrogen-bond acceptors (Lipinski definition) is 6. The predicted molar refractivity (Wildman–Crippen MR) is 108 cm³/mol. The largest absolute Gasteiger partial charge is 0.325 e. The summed E-state index contributed by atoms with van der Waals surface area (Å²) in [7, 11) is 0. The van der Waals surface area contributed by atoms with Crippen molar-refractivity contribution >= 4 is 34.5 Å². The van der Waals surface area contributed by atoms with Gasteiger partial charge in [0, 0.05) is 23.9 Å². The number of rotatable bonds is 5. The van der Waals surface area contributed by atoms with Crippen LogP contribution in [0.2, 0.25) is 5.02 Å². The molecule has 29 heavy (non-hydrogen) atoms. The van der Waals surface area contributed by atoms with Gasteiger partial charge in [-0.3, -0.25) is 24.2 Å². The average Bonchev–Trinajstić information content (AvgIpc) is 3.14. The number of nitrogens with one attached hydrogen (secondary N) is 1. The Kier molecular flexibility index (Phi) is 5.41. The Morgan fingerprint density at radius 2 is 2.03 bits per heavy atom. The van der Waals surface area contributed by atoms with Crippen LogP contribution in [0.25, 0.3) is 5.65 Å². The van der Waals surface area contributed by atoms with Crippen LogP contribution in [0.15, 0.2) is 42.6 Å². The number of nitro groups is 1. The molecule has 150 valence electrons. The highest BCUT2D eigenvalue weighted by atomic mass is 35.5. The normalized spacial score (nSPS) is 15.5. The highest BCUT2D eigenvalue weighted by Gasteiger charge is 2.25. The first-order valence-electron chi connectivity index (χ1n) is 9.27. The zero-order valence-electron chi connectivity index (χ0n) is 15.5. The number of pyridine rings is 1. The van der Waals surface area contributed by atoms with Crippen LogP contribution in [0.4, 0.5) is 11.4 Å². The maximum Gasteiger partial charge on any atom is 0.289 e. The van der Waals surface area contributed by atoms with Crippen LogP contribution in [0.3, 0.4) is 0 Å². The highest BCUT2D eigenvalue weighted by molar-refractivity contribution is 6.32. The third kappa shape index (κ3) is 4.20. The molecule has 1 fully saturated rings. The van der Waals surface area contributed by atoms with Gasteiger partial charge in [0.1, 0.15) is 10.8 Å². The summed E-state index contributed by atoms with van der Waals surface area (Å²) < 4.78 is 2.01. The highest BCUT2D eigenvalue weighted by Crippen LogP contribution is 2.28. The van der Waals surface area contributed by atoms with Crippen LogP contribution in [0.1, 0.15) is 24.6 Å². The van der Waals surface area contributed by atoms with E-state index < -0.39 is 4.92 Å². The van der Waals surface area contributed by atoms with Crippen LogP contribution >= 0.6 is 11.6 Å². The van der Waals surface area contributed by atoms with E-state index in [-0.39, 0.29) is 23.2 Å². The second-order valence-corrected chi connectivity index (χ2v) is 7.42. The first-order valence-corrected chi connectivity index (χ1v) is 9.65. The fourth-order valence-electron chi connectivity index (χ4n) is 3.62. The lowest BCUT2D eigenvalue weighted by Gasteiger charge is -2.30. The minimum absolute atomic E-state index is 0.0380. The van der Waals surface area contributed by atoms with Gasteiger partial charge in [-0.25, -0.2) is 0 Å². The lowest BCUT2D eigenvalue weighted by Crippen LogP contribution is -2.39. The summed E-state index contributed by atoms with van der Waals surface area (Å²) in [4.78, 5) is 24.8. The van der Waals surface area contributed by atoms with Crippen LogP contribution in [-0.4, -0.2) is 50.0 Å². The molecule has 0 aliphatic carbocycles. The Bertz CT molecular complexity index is 1060. The molecule has 1 saturated heterocycles. The smallest absolute Gasteiger partial charge is 0.289 e. The van der Waals surface area contributed by atoms with E-state index in [2.05, 4.69) is 20.4 Å². The van der Waals surface area contributed by atoms with E-state index in [0.29, 0.717) is 11.6 Å². The number of halogens is 1. The first-order chi connectivity index (χ1) is 14.0. The van der Waals surface area contributed by atoms with E-state index in [0.717, 1.165) is 37.4 Å². The first kappa shape index (κ1) is 19.3. The van der Waals surface area contributed by atoms with Gasteiger partial charge in [-0.2, -0.15) is 0 Å². The molecule has 1 aliphatic heterocycles. The van der Waals surface area contributed by atoms with Gasteiger partial charge in [-0.15, -0.1) is 10.2 Å². The van der Waals surface area contributed by atoms with Crippen molar-refractivity contribution in [3.63, 3.8) is 0 Å². The zero-order valence-corrected chi connectivity index (χ0v) is 16.2. The minimum Gasteiger partial charge on any atom is -0.325 e. The van der Waals surface area contributed by atoms with Crippen LogP contribution in [0, 0.1) is 10.1 Å². The molecule has 9 nitrogen and oxygen atoms in total. The Hall–Kier alpha value is -3.04. The molecule has 2 aromatic heterocycles. The lowest BCUT2D eigenvalue weighted by molar-refractivity contribution is -0.384. The molecule has 3 heterocycles. The molecule has 1 N–H and O–H groups in total. The number of hydrogen-bond donors (Lipinski definition) is 1. The van der Waals surface area contributed by atoms with Gasteiger partial charge >= 0.3 is 0 Å². The standard InChI is InChI=1S/C19H19ClN6O3/c20-15-5-4-14(11-16(15)26(28)29)21-18(27)12-24-9-6-13(7-10-24)19-23-22-17-3-1-2-8-25(17)19/h1-5,8,11,13H,6-7,9-10,12H2,(H,21,27). The number of carbonyl (C=O) groups is 1. The summed E-state index contributed by atoms with van der Waals surface area (Å²) in [6.45, 7) is 1.75. The fourth-order valence-corrected chi connectivity index (χ4v) is 3.81. The number of likely N-dealkylation sites (tertiary alicyclic amines) is 1. The van der Waals surface area contributed by atoms with Crippen molar-refractivity contribution in [2.75, 3.05) is 25.0 Å². The predicted octanol–water partition coefficient (Wildman–Crippen LogP) is 3.11. The molecule has 1 amide bonds. The number of aromatic nitrogens is 3. The molecule has 4 rings (SSSR count). The van der Waals surface area contributed by atoms with Crippen LogP contribution in [-0.2, 0) is 4.79 Å². The average molecular weight is 415 g/mol. The third-order valence-corrected chi connectivity index (χ3v) is 5.41. The summed E-state index contributed by atoms with van der Waals surface area (Å²) in [5, 5.41) is 22.3. The minimum atomic E-state index is -0.572. The van der Waals surface area contributed by atoms with Gasteiger partial charge in [0.15, 0.2) is 5.65 Å². The van der Waals surface area contributed by atoms with Crippen molar-refractivity contribution in [2.45, 2.75) is 18.8 Å². The lowest BCUT2D eigenvalue weighted by atomic mass is 9.96. The summed E-state index contributed by atoms with van der Waals surface area (Å²) in [5.41, 5.74) is 0.961. The van der Waals surface area contributed by atoms with Gasteiger partial charge in [-0.05, 0) is 50.2 Å². The second kappa shape index (κ2) is 8.14. The second-order valence-electron chi connectivity index (χ2n) is 7.01. The molecule has 3 aromatic rings.